The van der Waals surface area contributed by atoms with Crippen molar-refractivity contribution in [3.05, 3.63) is 70.9 Å². The lowest BCUT2D eigenvalue weighted by Gasteiger charge is -2.14. The van der Waals surface area contributed by atoms with Gasteiger partial charge in [-0.15, -0.1) is 0 Å². The third-order valence-electron chi connectivity index (χ3n) is 3.52. The van der Waals surface area contributed by atoms with Gasteiger partial charge in [-0.05, 0) is 24.6 Å². The van der Waals surface area contributed by atoms with Crippen LogP contribution in [0, 0.1) is 0 Å². The summed E-state index contributed by atoms with van der Waals surface area (Å²) in [6.45, 7) is 1.80. The molecule has 2 heterocycles. The summed E-state index contributed by atoms with van der Waals surface area (Å²) in [4.78, 5) is 24.3. The molecule has 0 bridgehead atoms. The Kier molecular flexibility index (Phi) is 3.74. The lowest BCUT2D eigenvalue weighted by molar-refractivity contribution is -0.122. The van der Waals surface area contributed by atoms with Crippen molar-refractivity contribution in [2.75, 3.05) is 0 Å². The molecule has 22 heavy (non-hydrogen) atoms. The van der Waals surface area contributed by atoms with E-state index in [1.54, 1.807) is 22.7 Å². The van der Waals surface area contributed by atoms with E-state index in [2.05, 4.69) is 10.4 Å². The van der Waals surface area contributed by atoms with Gasteiger partial charge in [0.1, 0.15) is 18.4 Å². The van der Waals surface area contributed by atoms with E-state index in [0.29, 0.717) is 5.52 Å². The van der Waals surface area contributed by atoms with Gasteiger partial charge in [0.2, 0.25) is 5.91 Å². The molecule has 0 aliphatic heterocycles. The molecule has 6 nitrogen and oxygen atoms in total. The second-order valence-corrected chi connectivity index (χ2v) is 5.09. The number of benzene rings is 1. The van der Waals surface area contributed by atoms with E-state index in [1.807, 2.05) is 37.3 Å². The van der Waals surface area contributed by atoms with Crippen molar-refractivity contribution in [1.29, 1.82) is 0 Å². The van der Waals surface area contributed by atoms with Crippen LogP contribution >= 0.6 is 0 Å². The van der Waals surface area contributed by atoms with Gasteiger partial charge >= 0.3 is 0 Å². The third kappa shape index (κ3) is 2.76. The van der Waals surface area contributed by atoms with Crippen LogP contribution in [0.3, 0.4) is 0 Å². The summed E-state index contributed by atoms with van der Waals surface area (Å²) >= 11 is 0. The standard InChI is InChI=1S/C16H16N4O2/c1-12(13-6-3-2-4-7-13)18-15(21)10-20-16(22)14-8-5-9-19(14)11-17-20/h2-9,11-12H,10H2,1H3,(H,18,21)/t12-/m1/s1. The molecule has 1 atom stereocenters. The molecular weight excluding hydrogens is 280 g/mol. The van der Waals surface area contributed by atoms with E-state index in [0.717, 1.165) is 5.56 Å². The molecule has 3 rings (SSSR count). The van der Waals surface area contributed by atoms with Crippen LogP contribution in [0.15, 0.2) is 59.8 Å². The largest absolute Gasteiger partial charge is 0.348 e. The minimum atomic E-state index is -0.282. The number of nitrogens with one attached hydrogen (secondary N) is 1. The molecule has 0 fully saturated rings. The Morgan fingerprint density at radius 3 is 2.77 bits per heavy atom. The van der Waals surface area contributed by atoms with Crippen LogP contribution in [0.25, 0.3) is 5.52 Å². The molecule has 1 aromatic carbocycles. The summed E-state index contributed by atoms with van der Waals surface area (Å²) < 4.78 is 2.80. The second kappa shape index (κ2) is 5.85. The number of carbonyl (C=O) groups excluding carboxylic acids is 1. The summed E-state index contributed by atoms with van der Waals surface area (Å²) in [5.74, 6) is -0.248. The SMILES string of the molecule is C[C@@H](NC(=O)Cn1ncn2cccc2c1=O)c1ccccc1. The van der Waals surface area contributed by atoms with Gasteiger partial charge in [-0.25, -0.2) is 4.68 Å². The van der Waals surface area contributed by atoms with Crippen molar-refractivity contribution in [2.45, 2.75) is 19.5 Å². The van der Waals surface area contributed by atoms with E-state index in [9.17, 15) is 9.59 Å². The van der Waals surface area contributed by atoms with Gasteiger partial charge in [0.05, 0.1) is 6.04 Å². The van der Waals surface area contributed by atoms with Crippen LogP contribution in [0.2, 0.25) is 0 Å². The fourth-order valence-electron chi connectivity index (χ4n) is 2.34. The van der Waals surface area contributed by atoms with Crippen LogP contribution in [0.4, 0.5) is 0 Å². The minimum absolute atomic E-state index is 0.0995. The summed E-state index contributed by atoms with van der Waals surface area (Å²) in [6, 6.07) is 13.0. The molecular formula is C16H16N4O2. The monoisotopic (exact) mass is 296 g/mol. The van der Waals surface area contributed by atoms with E-state index < -0.39 is 0 Å². The maximum atomic E-state index is 12.2. The highest BCUT2D eigenvalue weighted by molar-refractivity contribution is 5.76. The number of aromatic nitrogens is 3. The van der Waals surface area contributed by atoms with Crippen LogP contribution in [-0.2, 0) is 11.3 Å². The van der Waals surface area contributed by atoms with Gasteiger partial charge in [0.25, 0.3) is 5.56 Å². The number of hydrogen-bond donors (Lipinski definition) is 1. The molecule has 0 saturated carbocycles. The molecule has 1 amide bonds. The minimum Gasteiger partial charge on any atom is -0.348 e. The van der Waals surface area contributed by atoms with Crippen molar-refractivity contribution in [1.82, 2.24) is 19.5 Å². The molecule has 2 aromatic heterocycles. The number of hydrogen-bond acceptors (Lipinski definition) is 3. The zero-order valence-corrected chi connectivity index (χ0v) is 12.1. The van der Waals surface area contributed by atoms with Crippen molar-refractivity contribution in [3.8, 4) is 0 Å². The number of carbonyl (C=O) groups is 1. The zero-order chi connectivity index (χ0) is 15.5. The molecule has 0 radical (unpaired) electrons. The highest BCUT2D eigenvalue weighted by atomic mass is 16.2. The van der Waals surface area contributed by atoms with Crippen molar-refractivity contribution < 1.29 is 4.79 Å². The second-order valence-electron chi connectivity index (χ2n) is 5.09. The highest BCUT2D eigenvalue weighted by Gasteiger charge is 2.12. The van der Waals surface area contributed by atoms with Gasteiger partial charge in [-0.2, -0.15) is 5.10 Å². The topological polar surface area (TPSA) is 68.4 Å². The van der Waals surface area contributed by atoms with Gasteiger partial charge in [-0.3, -0.25) is 9.59 Å². The van der Waals surface area contributed by atoms with Crippen LogP contribution < -0.4 is 10.9 Å². The maximum Gasteiger partial charge on any atom is 0.291 e. The van der Waals surface area contributed by atoms with Gasteiger partial charge in [0.15, 0.2) is 0 Å². The number of fused-ring (bicyclic) bond motifs is 1. The predicted molar refractivity (Wildman–Crippen MR) is 82.5 cm³/mol. The normalized spacial score (nSPS) is 12.2. The summed E-state index contributed by atoms with van der Waals surface area (Å²) in [5.41, 5.74) is 1.23. The van der Waals surface area contributed by atoms with Gasteiger partial charge < -0.3 is 9.72 Å². The van der Waals surface area contributed by atoms with E-state index in [4.69, 9.17) is 0 Å². The van der Waals surface area contributed by atoms with Crippen LogP contribution in [0.1, 0.15) is 18.5 Å². The van der Waals surface area contributed by atoms with E-state index in [-0.39, 0.29) is 24.1 Å². The number of nitrogens with zero attached hydrogens (tertiary/aromatic N) is 3. The highest BCUT2D eigenvalue weighted by Crippen LogP contribution is 2.10. The Bertz CT molecular complexity index is 851. The van der Waals surface area contributed by atoms with Gasteiger partial charge in [-0.1, -0.05) is 30.3 Å². The molecule has 1 N–H and O–H groups in total. The van der Waals surface area contributed by atoms with Gasteiger partial charge in [0, 0.05) is 6.20 Å². The van der Waals surface area contributed by atoms with Crippen LogP contribution in [0.5, 0.6) is 0 Å². The van der Waals surface area contributed by atoms with Crippen LogP contribution in [-0.4, -0.2) is 20.1 Å². The first kappa shape index (κ1) is 14.1. The first-order valence-corrected chi connectivity index (χ1v) is 7.02. The van der Waals surface area contributed by atoms with Crippen molar-refractivity contribution in [2.24, 2.45) is 0 Å². The molecule has 0 aliphatic rings. The lowest BCUT2D eigenvalue weighted by Crippen LogP contribution is -2.35. The fourth-order valence-corrected chi connectivity index (χ4v) is 2.34. The van der Waals surface area contributed by atoms with E-state index in [1.165, 1.54) is 11.0 Å². The number of amides is 1. The third-order valence-corrected chi connectivity index (χ3v) is 3.52. The molecule has 0 aliphatic carbocycles. The Balaban J connectivity index is 1.73. The number of rotatable bonds is 4. The van der Waals surface area contributed by atoms with Crippen molar-refractivity contribution >= 4 is 11.4 Å². The quantitative estimate of drug-likeness (QED) is 0.790. The first-order valence-electron chi connectivity index (χ1n) is 7.02. The summed E-state index contributed by atoms with van der Waals surface area (Å²) in [6.07, 6.45) is 3.26. The fraction of sp³-hybridized carbons (Fsp3) is 0.188. The predicted octanol–water partition coefficient (Wildman–Crippen LogP) is 1.37. The zero-order valence-electron chi connectivity index (χ0n) is 12.1. The summed E-state index contributed by atoms with van der Waals surface area (Å²) in [7, 11) is 0. The maximum absolute atomic E-state index is 12.2. The molecule has 112 valence electrons. The van der Waals surface area contributed by atoms with Crippen molar-refractivity contribution in [3.63, 3.8) is 0 Å². The molecule has 0 spiro atoms. The molecule has 0 unspecified atom stereocenters. The molecule has 3 aromatic rings. The molecule has 0 saturated heterocycles. The Hall–Kier alpha value is -2.89. The lowest BCUT2D eigenvalue weighted by atomic mass is 10.1. The average molecular weight is 296 g/mol. The first-order chi connectivity index (χ1) is 10.6. The summed E-state index contributed by atoms with van der Waals surface area (Å²) in [5, 5.41) is 6.87. The van der Waals surface area contributed by atoms with E-state index >= 15 is 0 Å². The smallest absolute Gasteiger partial charge is 0.291 e. The Morgan fingerprint density at radius 2 is 2.00 bits per heavy atom. The Labute approximate surface area is 127 Å². The molecule has 6 heteroatoms. The average Bonchev–Trinajstić information content (AvgIpc) is 3.00. The Morgan fingerprint density at radius 1 is 1.23 bits per heavy atom.